The van der Waals surface area contributed by atoms with E-state index in [2.05, 4.69) is 10.6 Å². The third-order valence-electron chi connectivity index (χ3n) is 5.40. The number of nitrogens with two attached hydrogens (primary N) is 1. The Hall–Kier alpha value is -4.83. The number of carbonyl (C=O) groups is 3. The molecule has 0 heterocycles. The Morgan fingerprint density at radius 1 is 0.946 bits per heavy atom. The van der Waals surface area contributed by atoms with Gasteiger partial charge in [0.25, 0.3) is 5.91 Å². The number of hydrogen-bond donors (Lipinski definition) is 5. The predicted octanol–water partition coefficient (Wildman–Crippen LogP) is 2.78. The quantitative estimate of drug-likeness (QED) is 0.123. The van der Waals surface area contributed by atoms with Gasteiger partial charge in [0.1, 0.15) is 6.04 Å². The highest BCUT2D eigenvalue weighted by molar-refractivity contribution is 6.00. The van der Waals surface area contributed by atoms with Crippen LogP contribution < -0.4 is 31.3 Å². The first-order chi connectivity index (χ1) is 17.8. The van der Waals surface area contributed by atoms with Crippen LogP contribution in [0.3, 0.4) is 0 Å². The molecule has 3 aromatic rings. The lowest BCUT2D eigenvalue weighted by Gasteiger charge is -2.18. The zero-order valence-corrected chi connectivity index (χ0v) is 20.4. The molecule has 0 unspecified atom stereocenters. The number of hydrogen-bond acceptors (Lipinski definition) is 7. The Morgan fingerprint density at radius 3 is 2.24 bits per heavy atom. The van der Waals surface area contributed by atoms with Crippen LogP contribution in [0.2, 0.25) is 0 Å². The molecule has 1 atom stereocenters. The molecule has 10 nitrogen and oxygen atoms in total. The van der Waals surface area contributed by atoms with Crippen LogP contribution in [-0.4, -0.2) is 43.2 Å². The first-order valence-corrected chi connectivity index (χ1v) is 11.2. The van der Waals surface area contributed by atoms with Crippen LogP contribution in [-0.2, 0) is 16.0 Å². The summed E-state index contributed by atoms with van der Waals surface area (Å²) < 4.78 is 10.5. The number of nitrogens with one attached hydrogen (secondary N) is 3. The fraction of sp³-hybridized carbons (Fsp3) is 0.148. The van der Waals surface area contributed by atoms with Crippen molar-refractivity contribution in [1.29, 1.82) is 0 Å². The SMILES string of the molecule is COc1ccc(/C=C/C(=O)N[C@@H](Cc2ccc(N)cc2)C(=O)Nc2ccc(C(=O)NO)cc2)cc1OC. The maximum Gasteiger partial charge on any atom is 0.274 e. The molecule has 192 valence electrons. The molecule has 0 saturated heterocycles. The number of ether oxygens (including phenoxy) is 2. The van der Waals surface area contributed by atoms with Gasteiger partial charge in [0.15, 0.2) is 11.5 Å². The zero-order chi connectivity index (χ0) is 26.8. The predicted molar refractivity (Wildman–Crippen MR) is 139 cm³/mol. The molecule has 3 rings (SSSR count). The monoisotopic (exact) mass is 504 g/mol. The summed E-state index contributed by atoms with van der Waals surface area (Å²) in [6, 6.07) is 17.2. The average Bonchev–Trinajstić information content (AvgIpc) is 2.92. The Bertz CT molecular complexity index is 1270. The summed E-state index contributed by atoms with van der Waals surface area (Å²) >= 11 is 0. The molecule has 10 heteroatoms. The molecule has 0 bridgehead atoms. The van der Waals surface area contributed by atoms with Crippen molar-refractivity contribution in [3.8, 4) is 11.5 Å². The van der Waals surface area contributed by atoms with Gasteiger partial charge in [0, 0.05) is 29.4 Å². The van der Waals surface area contributed by atoms with Crippen LogP contribution in [0.5, 0.6) is 11.5 Å². The molecule has 0 radical (unpaired) electrons. The number of amides is 3. The molecule has 0 saturated carbocycles. The fourth-order valence-corrected chi connectivity index (χ4v) is 3.45. The van der Waals surface area contributed by atoms with Gasteiger partial charge in [-0.1, -0.05) is 18.2 Å². The lowest BCUT2D eigenvalue weighted by molar-refractivity contribution is -0.123. The number of benzene rings is 3. The van der Waals surface area contributed by atoms with E-state index in [1.54, 1.807) is 54.0 Å². The minimum Gasteiger partial charge on any atom is -0.493 e. The average molecular weight is 505 g/mol. The van der Waals surface area contributed by atoms with Crippen LogP contribution in [0.25, 0.3) is 6.08 Å². The Morgan fingerprint density at radius 2 is 1.62 bits per heavy atom. The summed E-state index contributed by atoms with van der Waals surface area (Å²) in [5.74, 6) is -0.514. The maximum atomic E-state index is 13.1. The van der Waals surface area contributed by atoms with E-state index in [1.807, 2.05) is 0 Å². The van der Waals surface area contributed by atoms with Crippen LogP contribution in [0.1, 0.15) is 21.5 Å². The van der Waals surface area contributed by atoms with Crippen molar-refractivity contribution in [2.45, 2.75) is 12.5 Å². The van der Waals surface area contributed by atoms with E-state index < -0.39 is 23.8 Å². The molecule has 6 N–H and O–H groups in total. The third kappa shape index (κ3) is 7.58. The van der Waals surface area contributed by atoms with Crippen molar-refractivity contribution in [3.63, 3.8) is 0 Å². The normalized spacial score (nSPS) is 11.4. The van der Waals surface area contributed by atoms with E-state index in [1.165, 1.54) is 44.6 Å². The second-order valence-corrected chi connectivity index (χ2v) is 7.96. The van der Waals surface area contributed by atoms with Crippen molar-refractivity contribution in [2.75, 3.05) is 25.3 Å². The van der Waals surface area contributed by atoms with Crippen LogP contribution >= 0.6 is 0 Å². The van der Waals surface area contributed by atoms with Crippen molar-refractivity contribution in [3.05, 3.63) is 89.5 Å². The van der Waals surface area contributed by atoms with Gasteiger partial charge in [-0.25, -0.2) is 5.48 Å². The van der Waals surface area contributed by atoms with Gasteiger partial charge in [-0.3, -0.25) is 19.6 Å². The molecule has 0 fully saturated rings. The van der Waals surface area contributed by atoms with Crippen LogP contribution in [0.4, 0.5) is 11.4 Å². The second kappa shape index (κ2) is 12.8. The lowest BCUT2D eigenvalue weighted by atomic mass is 10.0. The smallest absolute Gasteiger partial charge is 0.274 e. The minimum atomic E-state index is -0.911. The van der Waals surface area contributed by atoms with Crippen LogP contribution in [0, 0.1) is 0 Å². The number of rotatable bonds is 10. The molecule has 0 spiro atoms. The third-order valence-corrected chi connectivity index (χ3v) is 5.40. The first-order valence-electron chi connectivity index (χ1n) is 11.2. The molecule has 0 aliphatic carbocycles. The summed E-state index contributed by atoms with van der Waals surface area (Å²) in [7, 11) is 3.06. The van der Waals surface area contributed by atoms with Crippen molar-refractivity contribution >= 4 is 35.2 Å². The molecule has 3 amide bonds. The van der Waals surface area contributed by atoms with Gasteiger partial charge >= 0.3 is 0 Å². The number of hydroxylamine groups is 1. The van der Waals surface area contributed by atoms with Crippen molar-refractivity contribution < 1.29 is 29.1 Å². The summed E-state index contributed by atoms with van der Waals surface area (Å²) in [4.78, 5) is 37.3. The minimum absolute atomic E-state index is 0.215. The molecular weight excluding hydrogens is 476 g/mol. The molecule has 0 aromatic heterocycles. The Kier molecular flexibility index (Phi) is 9.23. The van der Waals surface area contributed by atoms with Gasteiger partial charge in [0.2, 0.25) is 11.8 Å². The fourth-order valence-electron chi connectivity index (χ4n) is 3.45. The van der Waals surface area contributed by atoms with Gasteiger partial charge in [-0.15, -0.1) is 0 Å². The zero-order valence-electron chi connectivity index (χ0n) is 20.4. The highest BCUT2D eigenvalue weighted by Crippen LogP contribution is 2.28. The first kappa shape index (κ1) is 26.8. The highest BCUT2D eigenvalue weighted by atomic mass is 16.5. The Labute approximate surface area is 214 Å². The summed E-state index contributed by atoms with van der Waals surface area (Å²) in [5, 5.41) is 14.2. The molecule has 0 aliphatic rings. The van der Waals surface area contributed by atoms with Gasteiger partial charge in [0.05, 0.1) is 14.2 Å². The van der Waals surface area contributed by atoms with E-state index in [0.29, 0.717) is 28.4 Å². The van der Waals surface area contributed by atoms with Crippen molar-refractivity contribution in [2.24, 2.45) is 0 Å². The summed E-state index contributed by atoms with van der Waals surface area (Å²) in [5.41, 5.74) is 10.0. The van der Waals surface area contributed by atoms with E-state index in [9.17, 15) is 14.4 Å². The maximum absolute atomic E-state index is 13.1. The van der Waals surface area contributed by atoms with Crippen LogP contribution in [0.15, 0.2) is 72.8 Å². The summed E-state index contributed by atoms with van der Waals surface area (Å²) in [6.45, 7) is 0. The topological polar surface area (TPSA) is 152 Å². The Balaban J connectivity index is 1.75. The number of nitrogen functional groups attached to an aromatic ring is 1. The second-order valence-electron chi connectivity index (χ2n) is 7.96. The number of methoxy groups -OCH3 is 2. The molecule has 3 aromatic carbocycles. The van der Waals surface area contributed by atoms with Crippen molar-refractivity contribution in [1.82, 2.24) is 10.8 Å². The summed E-state index contributed by atoms with van der Waals surface area (Å²) in [6.07, 6.45) is 3.14. The van der Waals surface area contributed by atoms with Gasteiger partial charge in [-0.05, 0) is 65.7 Å². The molecular formula is C27H28N4O6. The standard InChI is InChI=1S/C27H28N4O6/c1-36-23-13-5-18(16-24(23)37-2)6-14-25(32)30-22(15-17-3-9-20(28)10-4-17)27(34)29-21-11-7-19(8-12-21)26(33)31-35/h3-14,16,22,35H,15,28H2,1-2H3,(H,29,34)(H,30,32)(H,31,33)/b14-6+/t22-/m0/s1. The van der Waals surface area contributed by atoms with E-state index in [-0.39, 0.29) is 12.0 Å². The lowest BCUT2D eigenvalue weighted by Crippen LogP contribution is -2.44. The molecule has 37 heavy (non-hydrogen) atoms. The van der Waals surface area contributed by atoms with E-state index >= 15 is 0 Å². The molecule has 0 aliphatic heterocycles. The largest absolute Gasteiger partial charge is 0.493 e. The highest BCUT2D eigenvalue weighted by Gasteiger charge is 2.21. The number of carbonyl (C=O) groups excluding carboxylic acids is 3. The van der Waals surface area contributed by atoms with E-state index in [4.69, 9.17) is 20.4 Å². The van der Waals surface area contributed by atoms with Gasteiger partial charge < -0.3 is 25.8 Å². The van der Waals surface area contributed by atoms with Gasteiger partial charge in [-0.2, -0.15) is 0 Å². The number of anilines is 2. The van der Waals surface area contributed by atoms with E-state index in [0.717, 1.165) is 5.56 Å².